The van der Waals surface area contributed by atoms with Gasteiger partial charge in [-0.1, -0.05) is 48.5 Å². The molecule has 0 bridgehead atoms. The number of carbonyl (C=O) groups excluding carboxylic acids is 2. The van der Waals surface area contributed by atoms with Crippen molar-refractivity contribution < 1.29 is 19.4 Å². The Bertz CT molecular complexity index is 921. The maximum Gasteiger partial charge on any atom is 0.312 e. The molecule has 0 amide bonds. The smallest absolute Gasteiger partial charge is 0.312 e. The minimum atomic E-state index is -0.495. The van der Waals surface area contributed by atoms with Gasteiger partial charge in [-0.3, -0.25) is 9.59 Å². The van der Waals surface area contributed by atoms with Crippen LogP contribution in [0.2, 0.25) is 0 Å². The average molecular weight is 487 g/mol. The Balaban J connectivity index is 1.59. The monoisotopic (exact) mass is 486 g/mol. The number of hydrogen-bond donors (Lipinski definition) is 1. The van der Waals surface area contributed by atoms with Crippen LogP contribution in [-0.2, 0) is 14.3 Å². The zero-order valence-corrected chi connectivity index (χ0v) is 23.6. The summed E-state index contributed by atoms with van der Waals surface area (Å²) in [5.41, 5.74) is -0.427. The first kappa shape index (κ1) is 25.7. The first-order chi connectivity index (χ1) is 16.1. The van der Waals surface area contributed by atoms with Gasteiger partial charge >= 0.3 is 5.97 Å². The van der Waals surface area contributed by atoms with Crippen molar-refractivity contribution in [3.63, 3.8) is 0 Å². The van der Waals surface area contributed by atoms with Gasteiger partial charge in [0.15, 0.2) is 0 Å². The fourth-order valence-electron chi connectivity index (χ4n) is 11.3. The molecule has 5 saturated carbocycles. The number of aliphatic hydroxyl groups excluding tert-OH is 1. The average Bonchev–Trinajstić information content (AvgIpc) is 2.77. The number of hydrogen-bond acceptors (Lipinski definition) is 4. The van der Waals surface area contributed by atoms with Crippen LogP contribution >= 0.6 is 0 Å². The van der Waals surface area contributed by atoms with Crippen molar-refractivity contribution in [2.24, 2.45) is 56.2 Å². The molecule has 0 heterocycles. The highest BCUT2D eigenvalue weighted by Gasteiger charge is 2.73. The summed E-state index contributed by atoms with van der Waals surface area (Å²) >= 11 is 0. The zero-order valence-electron chi connectivity index (χ0n) is 23.6. The van der Waals surface area contributed by atoms with Gasteiger partial charge in [-0.2, -0.15) is 0 Å². The molecule has 4 heteroatoms. The molecular formula is C31H50O4. The van der Waals surface area contributed by atoms with Gasteiger partial charge in [0.25, 0.3) is 0 Å². The molecule has 0 aromatic rings. The highest BCUT2D eigenvalue weighted by molar-refractivity contribution is 5.86. The number of Topliss-reactive ketones (excluding diaryl/α,β-unsaturated/α-hetero) is 1. The van der Waals surface area contributed by atoms with Crippen molar-refractivity contribution in [1.29, 1.82) is 0 Å². The van der Waals surface area contributed by atoms with Gasteiger partial charge in [0.05, 0.1) is 18.6 Å². The summed E-state index contributed by atoms with van der Waals surface area (Å²) in [4.78, 5) is 27.8. The lowest BCUT2D eigenvalue weighted by molar-refractivity contribution is -0.246. The van der Waals surface area contributed by atoms with Crippen LogP contribution in [0.4, 0.5) is 0 Å². The molecule has 5 aliphatic carbocycles. The quantitative estimate of drug-likeness (QED) is 0.425. The summed E-state index contributed by atoms with van der Waals surface area (Å²) in [6, 6.07) is 0. The summed E-state index contributed by atoms with van der Waals surface area (Å²) in [6.07, 6.45) is 9.09. The fourth-order valence-corrected chi connectivity index (χ4v) is 11.3. The third-order valence-corrected chi connectivity index (χ3v) is 13.6. The van der Waals surface area contributed by atoms with Gasteiger partial charge in [0.2, 0.25) is 0 Å². The van der Waals surface area contributed by atoms with E-state index < -0.39 is 5.41 Å². The number of methoxy groups -OCH3 is 1. The summed E-state index contributed by atoms with van der Waals surface area (Å²) in [7, 11) is 1.53. The molecule has 5 fully saturated rings. The maximum absolute atomic E-state index is 14.4. The summed E-state index contributed by atoms with van der Waals surface area (Å²) in [5, 5.41) is 10.9. The zero-order chi connectivity index (χ0) is 25.8. The van der Waals surface area contributed by atoms with Crippen LogP contribution in [0, 0.1) is 56.2 Å². The van der Waals surface area contributed by atoms with Gasteiger partial charge < -0.3 is 9.84 Å². The van der Waals surface area contributed by atoms with E-state index in [0.29, 0.717) is 24.0 Å². The number of carbonyl (C=O) groups is 2. The third kappa shape index (κ3) is 3.13. The van der Waals surface area contributed by atoms with Crippen LogP contribution in [0.1, 0.15) is 113 Å². The number of aliphatic hydroxyl groups is 1. The van der Waals surface area contributed by atoms with E-state index in [2.05, 4.69) is 48.5 Å². The molecule has 1 N–H and O–H groups in total. The lowest BCUT2D eigenvalue weighted by Gasteiger charge is -2.72. The van der Waals surface area contributed by atoms with Gasteiger partial charge in [0, 0.05) is 12.3 Å². The van der Waals surface area contributed by atoms with Crippen LogP contribution in [0.3, 0.4) is 0 Å². The Hall–Kier alpha value is -0.900. The molecule has 0 aromatic heterocycles. The lowest BCUT2D eigenvalue weighted by atomic mass is 9.31. The van der Waals surface area contributed by atoms with Gasteiger partial charge in [-0.05, 0) is 103 Å². The second-order valence-corrected chi connectivity index (χ2v) is 15.6. The van der Waals surface area contributed by atoms with Crippen molar-refractivity contribution in [1.82, 2.24) is 0 Å². The molecule has 0 radical (unpaired) electrons. The number of ether oxygens (including phenoxy) is 1. The molecule has 0 spiro atoms. The van der Waals surface area contributed by atoms with E-state index >= 15 is 0 Å². The van der Waals surface area contributed by atoms with E-state index in [1.54, 1.807) is 0 Å². The summed E-state index contributed by atoms with van der Waals surface area (Å²) in [5.74, 6) is 1.15. The van der Waals surface area contributed by atoms with E-state index in [9.17, 15) is 14.7 Å². The van der Waals surface area contributed by atoms with E-state index in [1.165, 1.54) is 7.11 Å². The molecule has 198 valence electrons. The standard InChI is InChI=1S/C31H50O4/c1-26(2)13-15-31(25(34)35-8)16-14-30(7)24(19(31)18-26)20(32)17-22-28(5)11-10-23(33)27(3,4)21(28)9-12-29(22,30)6/h19,21-24,33H,9-18H2,1-8H3/t19?,21-,22+,23-,24-,28-,29+,30+,31?/m0/s1. The van der Waals surface area contributed by atoms with Gasteiger partial charge in [0.1, 0.15) is 5.78 Å². The van der Waals surface area contributed by atoms with Crippen molar-refractivity contribution in [3.05, 3.63) is 0 Å². The SMILES string of the molecule is COC(=O)C12CCC(C)(C)CC1[C@H]1C(=O)C[C@@H]3[C@@]4(C)CC[C@H](O)C(C)(C)[C@@H]4CC[C@@]3(C)[C@]1(C)CC2. The highest BCUT2D eigenvalue weighted by atomic mass is 16.5. The molecule has 0 aromatic carbocycles. The molecule has 0 saturated heterocycles. The first-order valence-electron chi connectivity index (χ1n) is 14.4. The van der Waals surface area contributed by atoms with Crippen molar-refractivity contribution in [3.8, 4) is 0 Å². The largest absolute Gasteiger partial charge is 0.469 e. The number of esters is 1. The van der Waals surface area contributed by atoms with Crippen LogP contribution in [-0.4, -0.2) is 30.1 Å². The molecule has 9 atom stereocenters. The van der Waals surface area contributed by atoms with E-state index in [0.717, 1.165) is 57.8 Å². The summed E-state index contributed by atoms with van der Waals surface area (Å²) < 4.78 is 5.44. The van der Waals surface area contributed by atoms with Crippen molar-refractivity contribution >= 4 is 11.8 Å². The topological polar surface area (TPSA) is 63.6 Å². The predicted octanol–water partition coefficient (Wildman–Crippen LogP) is 6.58. The van der Waals surface area contributed by atoms with E-state index in [-0.39, 0.29) is 51.0 Å². The van der Waals surface area contributed by atoms with Crippen LogP contribution in [0.25, 0.3) is 0 Å². The third-order valence-electron chi connectivity index (χ3n) is 13.6. The Kier molecular flexibility index (Phi) is 5.57. The minimum absolute atomic E-state index is 0.0569. The van der Waals surface area contributed by atoms with Gasteiger partial charge in [-0.15, -0.1) is 0 Å². The molecule has 0 aliphatic heterocycles. The highest BCUT2D eigenvalue weighted by Crippen LogP contribution is 2.76. The van der Waals surface area contributed by atoms with Crippen LogP contribution in [0.15, 0.2) is 0 Å². The maximum atomic E-state index is 14.4. The van der Waals surface area contributed by atoms with E-state index in [1.807, 2.05) is 0 Å². The fraction of sp³-hybridized carbons (Fsp3) is 0.935. The number of rotatable bonds is 1. The molecule has 4 nitrogen and oxygen atoms in total. The van der Waals surface area contributed by atoms with Crippen molar-refractivity contribution in [2.75, 3.05) is 7.11 Å². The molecule has 5 rings (SSSR count). The number of fused-ring (bicyclic) bond motifs is 7. The van der Waals surface area contributed by atoms with Crippen LogP contribution in [0.5, 0.6) is 0 Å². The second-order valence-electron chi connectivity index (χ2n) is 15.6. The summed E-state index contributed by atoms with van der Waals surface area (Å²) in [6.45, 7) is 16.5. The predicted molar refractivity (Wildman–Crippen MR) is 137 cm³/mol. The Morgan fingerprint density at radius 2 is 1.51 bits per heavy atom. The minimum Gasteiger partial charge on any atom is -0.469 e. The lowest BCUT2D eigenvalue weighted by Crippen LogP contribution is -2.69. The Labute approximate surface area is 213 Å². The first-order valence-corrected chi connectivity index (χ1v) is 14.4. The Morgan fingerprint density at radius 1 is 0.857 bits per heavy atom. The van der Waals surface area contributed by atoms with Crippen LogP contribution < -0.4 is 0 Å². The second kappa shape index (κ2) is 7.58. The molecule has 2 unspecified atom stereocenters. The Morgan fingerprint density at radius 3 is 2.17 bits per heavy atom. The normalized spacial score (nSPS) is 52.4. The number of ketones is 1. The molecule has 5 aliphatic rings. The molecular weight excluding hydrogens is 436 g/mol. The van der Waals surface area contributed by atoms with E-state index in [4.69, 9.17) is 4.74 Å². The van der Waals surface area contributed by atoms with Gasteiger partial charge in [-0.25, -0.2) is 0 Å². The van der Waals surface area contributed by atoms with Crippen molar-refractivity contribution in [2.45, 2.75) is 119 Å². The molecule has 35 heavy (non-hydrogen) atoms.